The normalized spacial score (nSPS) is 11.1. The molecule has 148 valence electrons. The predicted octanol–water partition coefficient (Wildman–Crippen LogP) is 0.819. The number of anilines is 1. The van der Waals surface area contributed by atoms with E-state index in [2.05, 4.69) is 25.9 Å². The molecule has 0 aliphatic carbocycles. The van der Waals surface area contributed by atoms with Crippen LogP contribution in [0, 0.1) is 13.8 Å². The summed E-state index contributed by atoms with van der Waals surface area (Å²) in [6.07, 6.45) is 1.75. The molecule has 10 heteroatoms. The van der Waals surface area contributed by atoms with E-state index in [0.717, 1.165) is 10.9 Å². The van der Waals surface area contributed by atoms with Crippen molar-refractivity contribution in [2.75, 3.05) is 5.73 Å². The lowest BCUT2D eigenvalue weighted by atomic mass is 10.1. The zero-order chi connectivity index (χ0) is 20.7. The number of aromatic nitrogens is 5. The van der Waals surface area contributed by atoms with Gasteiger partial charge in [-0.25, -0.2) is 4.98 Å². The molecule has 3 heterocycles. The second-order valence-corrected chi connectivity index (χ2v) is 6.79. The van der Waals surface area contributed by atoms with Crippen LogP contribution in [-0.2, 0) is 18.3 Å². The van der Waals surface area contributed by atoms with E-state index in [4.69, 9.17) is 5.73 Å². The molecule has 0 aliphatic heterocycles. The fourth-order valence-corrected chi connectivity index (χ4v) is 3.40. The number of amides is 2. The first-order chi connectivity index (χ1) is 13.8. The summed E-state index contributed by atoms with van der Waals surface area (Å²) in [4.78, 5) is 33.3. The van der Waals surface area contributed by atoms with Gasteiger partial charge in [-0.15, -0.1) is 5.10 Å². The maximum atomic E-state index is 12.6. The molecular formula is C19H20N8O2. The van der Waals surface area contributed by atoms with E-state index in [0.29, 0.717) is 28.3 Å². The molecule has 0 saturated heterocycles. The molecule has 29 heavy (non-hydrogen) atoms. The zero-order valence-corrected chi connectivity index (χ0v) is 16.2. The molecule has 2 amide bonds. The lowest BCUT2D eigenvalue weighted by Crippen LogP contribution is -2.42. The predicted molar refractivity (Wildman–Crippen MR) is 107 cm³/mol. The van der Waals surface area contributed by atoms with Gasteiger partial charge in [0.25, 0.3) is 11.7 Å². The summed E-state index contributed by atoms with van der Waals surface area (Å²) in [5, 5.41) is 4.90. The van der Waals surface area contributed by atoms with Crippen molar-refractivity contribution < 1.29 is 9.59 Å². The molecule has 10 nitrogen and oxygen atoms in total. The highest BCUT2D eigenvalue weighted by Gasteiger charge is 2.17. The third kappa shape index (κ3) is 3.24. The van der Waals surface area contributed by atoms with Gasteiger partial charge in [0.15, 0.2) is 0 Å². The van der Waals surface area contributed by atoms with Crippen molar-refractivity contribution >= 4 is 34.4 Å². The molecule has 3 aromatic heterocycles. The minimum atomic E-state index is -0.388. The van der Waals surface area contributed by atoms with Crippen molar-refractivity contribution in [2.45, 2.75) is 20.3 Å². The summed E-state index contributed by atoms with van der Waals surface area (Å²) in [6, 6.07) is 7.56. The van der Waals surface area contributed by atoms with Gasteiger partial charge >= 0.3 is 0 Å². The Morgan fingerprint density at radius 2 is 1.90 bits per heavy atom. The van der Waals surface area contributed by atoms with Crippen LogP contribution in [0.1, 0.15) is 27.3 Å². The summed E-state index contributed by atoms with van der Waals surface area (Å²) in [7, 11) is 1.86. The monoisotopic (exact) mass is 392 g/mol. The van der Waals surface area contributed by atoms with Gasteiger partial charge in [-0.3, -0.25) is 20.4 Å². The highest BCUT2D eigenvalue weighted by Crippen LogP contribution is 2.20. The third-order valence-electron chi connectivity index (χ3n) is 4.86. The Hall–Kier alpha value is -3.95. The van der Waals surface area contributed by atoms with Crippen LogP contribution in [0.15, 0.2) is 30.5 Å². The maximum Gasteiger partial charge on any atom is 0.271 e. The fourth-order valence-electron chi connectivity index (χ4n) is 3.40. The van der Waals surface area contributed by atoms with Gasteiger partial charge in [-0.05, 0) is 19.9 Å². The van der Waals surface area contributed by atoms with Crippen LogP contribution in [0.25, 0.3) is 16.7 Å². The molecule has 4 rings (SSSR count). The van der Waals surface area contributed by atoms with Gasteiger partial charge in [-0.2, -0.15) is 9.50 Å². The molecule has 0 atom stereocenters. The summed E-state index contributed by atoms with van der Waals surface area (Å²) in [5.74, 6) is -0.268. The molecule has 1 aromatic carbocycles. The number of rotatable bonds is 3. The first-order valence-corrected chi connectivity index (χ1v) is 8.96. The summed E-state index contributed by atoms with van der Waals surface area (Å²) < 4.78 is 3.36. The summed E-state index contributed by atoms with van der Waals surface area (Å²) >= 11 is 0. The molecule has 4 aromatic rings. The van der Waals surface area contributed by atoms with Crippen molar-refractivity contribution in [1.82, 2.24) is 35.0 Å². The molecule has 0 radical (unpaired) electrons. The number of hydrazine groups is 1. The quantitative estimate of drug-likeness (QED) is 0.442. The number of hydrogen-bond acceptors (Lipinski definition) is 6. The molecule has 0 spiro atoms. The van der Waals surface area contributed by atoms with Gasteiger partial charge in [0.1, 0.15) is 0 Å². The smallest absolute Gasteiger partial charge is 0.271 e. The van der Waals surface area contributed by atoms with E-state index < -0.39 is 0 Å². The van der Waals surface area contributed by atoms with E-state index in [-0.39, 0.29) is 24.2 Å². The Labute approximate surface area is 165 Å². The van der Waals surface area contributed by atoms with Crippen LogP contribution in [-0.4, -0.2) is 36.0 Å². The van der Waals surface area contributed by atoms with E-state index in [9.17, 15) is 9.59 Å². The number of carbonyl (C=O) groups excluding carboxylic acids is 2. The topological polar surface area (TPSA) is 132 Å². The number of aryl methyl sites for hydroxylation is 3. The van der Waals surface area contributed by atoms with Crippen LogP contribution in [0.5, 0.6) is 0 Å². The Bertz CT molecular complexity index is 1270. The summed E-state index contributed by atoms with van der Waals surface area (Å²) in [5.41, 5.74) is 14.0. The van der Waals surface area contributed by atoms with Crippen LogP contribution >= 0.6 is 0 Å². The highest BCUT2D eigenvalue weighted by atomic mass is 16.2. The van der Waals surface area contributed by atoms with E-state index in [1.807, 2.05) is 42.8 Å². The van der Waals surface area contributed by atoms with E-state index in [1.165, 1.54) is 4.52 Å². The van der Waals surface area contributed by atoms with Crippen LogP contribution < -0.4 is 16.6 Å². The van der Waals surface area contributed by atoms with Crippen LogP contribution in [0.3, 0.4) is 0 Å². The van der Waals surface area contributed by atoms with Gasteiger partial charge in [0.2, 0.25) is 11.9 Å². The largest absolute Gasteiger partial charge is 0.366 e. The second kappa shape index (κ2) is 6.89. The number of benzene rings is 1. The van der Waals surface area contributed by atoms with Crippen molar-refractivity contribution in [1.29, 1.82) is 0 Å². The van der Waals surface area contributed by atoms with Gasteiger partial charge in [0, 0.05) is 41.1 Å². The second-order valence-electron chi connectivity index (χ2n) is 6.79. The Morgan fingerprint density at radius 3 is 2.69 bits per heavy atom. The zero-order valence-electron chi connectivity index (χ0n) is 16.2. The van der Waals surface area contributed by atoms with Crippen molar-refractivity contribution in [3.05, 3.63) is 53.0 Å². The van der Waals surface area contributed by atoms with E-state index >= 15 is 0 Å². The Kier molecular flexibility index (Phi) is 4.38. The molecule has 4 N–H and O–H groups in total. The first kappa shape index (κ1) is 18.4. The van der Waals surface area contributed by atoms with Gasteiger partial charge in [-0.1, -0.05) is 18.2 Å². The number of nitrogen functional groups attached to an aromatic ring is 1. The van der Waals surface area contributed by atoms with Gasteiger partial charge in [0.05, 0.1) is 12.0 Å². The number of nitrogens with zero attached hydrogens (tertiary/aromatic N) is 5. The minimum Gasteiger partial charge on any atom is -0.366 e. The number of hydrogen-bond donors (Lipinski definition) is 3. The Balaban J connectivity index is 1.49. The molecule has 0 bridgehead atoms. The van der Waals surface area contributed by atoms with Crippen LogP contribution in [0.4, 0.5) is 5.95 Å². The maximum absolute atomic E-state index is 12.6. The molecule has 0 saturated carbocycles. The number of nitrogens with two attached hydrogens (primary N) is 1. The molecule has 0 aliphatic rings. The van der Waals surface area contributed by atoms with Gasteiger partial charge < -0.3 is 10.3 Å². The first-order valence-electron chi connectivity index (χ1n) is 8.96. The number of fused-ring (bicyclic) bond motifs is 2. The SMILES string of the molecule is Cc1nc2nc(N)nn2c(C)c1CC(=O)NNC(=O)c1cn(C)c2ccccc12. The van der Waals surface area contributed by atoms with Crippen LogP contribution in [0.2, 0.25) is 0 Å². The average Bonchev–Trinajstić information content (AvgIpc) is 3.23. The molecule has 0 unspecified atom stereocenters. The number of para-hydroxylation sites is 1. The number of carbonyl (C=O) groups is 2. The minimum absolute atomic E-state index is 0.0240. The fraction of sp³-hybridized carbons (Fsp3) is 0.211. The number of nitrogens with one attached hydrogen (secondary N) is 2. The Morgan fingerprint density at radius 1 is 1.14 bits per heavy atom. The van der Waals surface area contributed by atoms with Crippen molar-refractivity contribution in [3.63, 3.8) is 0 Å². The van der Waals surface area contributed by atoms with Crippen molar-refractivity contribution in [2.24, 2.45) is 7.05 Å². The van der Waals surface area contributed by atoms with Crippen molar-refractivity contribution in [3.8, 4) is 0 Å². The molecule has 0 fully saturated rings. The van der Waals surface area contributed by atoms with E-state index in [1.54, 1.807) is 13.1 Å². The lowest BCUT2D eigenvalue weighted by Gasteiger charge is -2.11. The lowest BCUT2D eigenvalue weighted by molar-refractivity contribution is -0.121. The highest BCUT2D eigenvalue weighted by molar-refractivity contribution is 6.07. The molecular weight excluding hydrogens is 372 g/mol. The third-order valence-corrected chi connectivity index (χ3v) is 4.86. The standard InChI is InChI=1S/C19H20N8O2/c1-10-13(11(2)27-19(21-10)22-18(20)25-27)8-16(28)23-24-17(29)14-9-26(3)15-7-5-4-6-12(14)15/h4-7,9H,8H2,1-3H3,(H2,20,25)(H,23,28)(H,24,29). The summed E-state index contributed by atoms with van der Waals surface area (Å²) in [6.45, 7) is 3.60. The average molecular weight is 392 g/mol.